The zero-order chi connectivity index (χ0) is 13.1. The molecule has 100 valence electrons. The van der Waals surface area contributed by atoms with Gasteiger partial charge in [-0.05, 0) is 24.7 Å². The molecular formula is C12H20F3NO. The maximum atomic E-state index is 12.0. The van der Waals surface area contributed by atoms with Crippen molar-refractivity contribution in [2.75, 3.05) is 13.1 Å². The van der Waals surface area contributed by atoms with Crippen LogP contribution < -0.4 is 0 Å². The summed E-state index contributed by atoms with van der Waals surface area (Å²) in [5, 5.41) is 0. The molecule has 1 aliphatic heterocycles. The van der Waals surface area contributed by atoms with E-state index in [1.807, 2.05) is 0 Å². The summed E-state index contributed by atoms with van der Waals surface area (Å²) in [5.41, 5.74) is 0. The molecule has 1 amide bonds. The average molecular weight is 251 g/mol. The lowest BCUT2D eigenvalue weighted by atomic mass is 9.86. The van der Waals surface area contributed by atoms with Gasteiger partial charge in [0, 0.05) is 19.5 Å². The third-order valence-electron chi connectivity index (χ3n) is 3.46. The van der Waals surface area contributed by atoms with Crippen LogP contribution >= 0.6 is 0 Å². The molecule has 1 heterocycles. The first-order valence-corrected chi connectivity index (χ1v) is 6.14. The van der Waals surface area contributed by atoms with E-state index in [-0.39, 0.29) is 5.91 Å². The van der Waals surface area contributed by atoms with Gasteiger partial charge in [-0.15, -0.1) is 0 Å². The summed E-state index contributed by atoms with van der Waals surface area (Å²) in [6, 6.07) is 0. The molecule has 0 N–H and O–H groups in total. The summed E-state index contributed by atoms with van der Waals surface area (Å²) in [5.74, 6) is 0.827. The van der Waals surface area contributed by atoms with E-state index in [1.165, 1.54) is 0 Å². The molecule has 2 nitrogen and oxygen atoms in total. The van der Waals surface area contributed by atoms with E-state index in [2.05, 4.69) is 13.8 Å². The molecule has 1 saturated heterocycles. The van der Waals surface area contributed by atoms with E-state index in [1.54, 1.807) is 4.90 Å². The summed E-state index contributed by atoms with van der Waals surface area (Å²) in [6.45, 7) is 5.51. The van der Waals surface area contributed by atoms with Crippen LogP contribution in [0.3, 0.4) is 0 Å². The van der Waals surface area contributed by atoms with Crippen molar-refractivity contribution in [2.24, 2.45) is 11.8 Å². The Morgan fingerprint density at radius 2 is 1.82 bits per heavy atom. The number of halogens is 3. The van der Waals surface area contributed by atoms with Crippen molar-refractivity contribution in [1.82, 2.24) is 4.90 Å². The highest BCUT2D eigenvalue weighted by Gasteiger charge is 2.30. The Hall–Kier alpha value is -0.740. The SMILES string of the molecule is CC(C)C1CCN(C(=O)CCC(F)(F)F)CC1. The first-order valence-electron chi connectivity index (χ1n) is 6.14. The van der Waals surface area contributed by atoms with Crippen LogP contribution in [0.15, 0.2) is 0 Å². The monoisotopic (exact) mass is 251 g/mol. The van der Waals surface area contributed by atoms with Crippen LogP contribution in [0, 0.1) is 11.8 Å². The molecule has 0 radical (unpaired) electrons. The van der Waals surface area contributed by atoms with Gasteiger partial charge in [0.05, 0.1) is 6.42 Å². The molecule has 0 aromatic heterocycles. The first-order chi connectivity index (χ1) is 7.79. The zero-order valence-corrected chi connectivity index (χ0v) is 10.4. The summed E-state index contributed by atoms with van der Waals surface area (Å²) in [6.07, 6.45) is -3.82. The fraction of sp³-hybridized carbons (Fsp3) is 0.917. The van der Waals surface area contributed by atoms with Crippen molar-refractivity contribution in [1.29, 1.82) is 0 Å². The molecule has 0 spiro atoms. The van der Waals surface area contributed by atoms with Crippen molar-refractivity contribution in [2.45, 2.75) is 45.7 Å². The second-order valence-corrected chi connectivity index (χ2v) is 5.08. The molecule has 17 heavy (non-hydrogen) atoms. The quantitative estimate of drug-likeness (QED) is 0.754. The number of piperidine rings is 1. The van der Waals surface area contributed by atoms with Crippen LogP contribution in [0.1, 0.15) is 39.5 Å². The number of amides is 1. The van der Waals surface area contributed by atoms with E-state index < -0.39 is 19.0 Å². The summed E-state index contributed by atoms with van der Waals surface area (Å²) in [7, 11) is 0. The van der Waals surface area contributed by atoms with Crippen molar-refractivity contribution in [3.8, 4) is 0 Å². The molecule has 5 heteroatoms. The summed E-state index contributed by atoms with van der Waals surface area (Å²) in [4.78, 5) is 13.1. The Morgan fingerprint density at radius 3 is 2.24 bits per heavy atom. The number of rotatable bonds is 3. The second kappa shape index (κ2) is 5.74. The molecule has 0 aromatic rings. The zero-order valence-electron chi connectivity index (χ0n) is 10.4. The standard InChI is InChI=1S/C12H20F3NO/c1-9(2)10-4-7-16(8-5-10)11(17)3-6-12(13,14)15/h9-10H,3-8H2,1-2H3. The molecule has 0 saturated carbocycles. The Balaban J connectivity index is 2.31. The van der Waals surface area contributed by atoms with Crippen molar-refractivity contribution in [3.63, 3.8) is 0 Å². The van der Waals surface area contributed by atoms with Gasteiger partial charge in [0.15, 0.2) is 0 Å². The van der Waals surface area contributed by atoms with Crippen LogP contribution in [-0.2, 0) is 4.79 Å². The third kappa shape index (κ3) is 4.96. The van der Waals surface area contributed by atoms with E-state index >= 15 is 0 Å². The lowest BCUT2D eigenvalue weighted by Crippen LogP contribution is -2.39. The normalized spacial score (nSPS) is 18.8. The first kappa shape index (κ1) is 14.3. The largest absolute Gasteiger partial charge is 0.389 e. The molecule has 1 rings (SSSR count). The minimum atomic E-state index is -4.23. The highest BCUT2D eigenvalue weighted by atomic mass is 19.4. The number of hydrogen-bond donors (Lipinski definition) is 0. The summed E-state index contributed by atoms with van der Waals surface area (Å²) < 4.78 is 35.9. The maximum absolute atomic E-state index is 12.0. The molecule has 0 aliphatic carbocycles. The molecule has 0 atom stereocenters. The number of alkyl halides is 3. The van der Waals surface area contributed by atoms with Crippen molar-refractivity contribution >= 4 is 5.91 Å². The molecular weight excluding hydrogens is 231 g/mol. The average Bonchev–Trinajstić information content (AvgIpc) is 2.25. The predicted molar refractivity (Wildman–Crippen MR) is 59.4 cm³/mol. The predicted octanol–water partition coefficient (Wildman–Crippen LogP) is 3.22. The topological polar surface area (TPSA) is 20.3 Å². The molecule has 0 bridgehead atoms. The summed E-state index contributed by atoms with van der Waals surface area (Å²) >= 11 is 0. The Labute approximate surface area is 100 Å². The fourth-order valence-electron chi connectivity index (χ4n) is 2.22. The van der Waals surface area contributed by atoms with Gasteiger partial charge < -0.3 is 4.90 Å². The molecule has 1 aliphatic rings. The van der Waals surface area contributed by atoms with E-state index in [9.17, 15) is 18.0 Å². The minimum absolute atomic E-state index is 0.357. The number of carbonyl (C=O) groups is 1. The van der Waals surface area contributed by atoms with Crippen molar-refractivity contribution < 1.29 is 18.0 Å². The number of nitrogens with zero attached hydrogens (tertiary/aromatic N) is 1. The van der Waals surface area contributed by atoms with Gasteiger partial charge in [0.2, 0.25) is 5.91 Å². The number of carbonyl (C=O) groups excluding carboxylic acids is 1. The Bertz CT molecular complexity index is 255. The van der Waals surface area contributed by atoms with Gasteiger partial charge in [-0.2, -0.15) is 13.2 Å². The van der Waals surface area contributed by atoms with Crippen LogP contribution in [0.2, 0.25) is 0 Å². The van der Waals surface area contributed by atoms with E-state index in [0.29, 0.717) is 24.9 Å². The maximum Gasteiger partial charge on any atom is 0.389 e. The van der Waals surface area contributed by atoms with Gasteiger partial charge in [-0.25, -0.2) is 0 Å². The highest BCUT2D eigenvalue weighted by molar-refractivity contribution is 5.76. The molecule has 1 fully saturated rings. The van der Waals surface area contributed by atoms with E-state index in [4.69, 9.17) is 0 Å². The van der Waals surface area contributed by atoms with Crippen molar-refractivity contribution in [3.05, 3.63) is 0 Å². The smallest absolute Gasteiger partial charge is 0.343 e. The Morgan fingerprint density at radius 1 is 1.29 bits per heavy atom. The third-order valence-corrected chi connectivity index (χ3v) is 3.46. The number of hydrogen-bond acceptors (Lipinski definition) is 1. The fourth-order valence-corrected chi connectivity index (χ4v) is 2.22. The lowest BCUT2D eigenvalue weighted by Gasteiger charge is -2.34. The van der Waals surface area contributed by atoms with Crippen LogP contribution in [0.4, 0.5) is 13.2 Å². The second-order valence-electron chi connectivity index (χ2n) is 5.08. The van der Waals surface area contributed by atoms with Gasteiger partial charge in [-0.3, -0.25) is 4.79 Å². The number of likely N-dealkylation sites (tertiary alicyclic amines) is 1. The van der Waals surface area contributed by atoms with E-state index in [0.717, 1.165) is 12.8 Å². The van der Waals surface area contributed by atoms with Gasteiger partial charge >= 0.3 is 6.18 Å². The molecule has 0 aromatic carbocycles. The van der Waals surface area contributed by atoms with Crippen LogP contribution in [0.25, 0.3) is 0 Å². The van der Waals surface area contributed by atoms with Gasteiger partial charge in [0.1, 0.15) is 0 Å². The molecule has 0 unspecified atom stereocenters. The Kier molecular flexibility index (Phi) is 4.83. The van der Waals surface area contributed by atoms with Crippen LogP contribution in [0.5, 0.6) is 0 Å². The van der Waals surface area contributed by atoms with Gasteiger partial charge in [0.25, 0.3) is 0 Å². The van der Waals surface area contributed by atoms with Gasteiger partial charge in [-0.1, -0.05) is 13.8 Å². The lowest BCUT2D eigenvalue weighted by molar-refractivity contribution is -0.150. The highest BCUT2D eigenvalue weighted by Crippen LogP contribution is 2.26. The minimum Gasteiger partial charge on any atom is -0.343 e. The van der Waals surface area contributed by atoms with Crippen LogP contribution in [-0.4, -0.2) is 30.1 Å².